The van der Waals surface area contributed by atoms with Gasteiger partial charge in [-0.05, 0) is 51.8 Å². The molecule has 1 amide bonds. The summed E-state index contributed by atoms with van der Waals surface area (Å²) in [6.07, 6.45) is 3.68. The maximum absolute atomic E-state index is 12.5. The van der Waals surface area contributed by atoms with Crippen LogP contribution < -0.4 is 0 Å². The molecule has 0 aromatic heterocycles. The van der Waals surface area contributed by atoms with Crippen LogP contribution in [-0.4, -0.2) is 42.2 Å². The minimum absolute atomic E-state index is 0.0501. The summed E-state index contributed by atoms with van der Waals surface area (Å²) in [5.41, 5.74) is -0.494. The maximum Gasteiger partial charge on any atom is 0.461 e. The third-order valence-electron chi connectivity index (χ3n) is 5.46. The molecular weight excluding hydrogens is 289 g/mol. The average molecular weight is 323 g/mol. The first-order valence-electron chi connectivity index (χ1n) is 9.05. The smallest absolute Gasteiger partial charge is 0.403 e. The van der Waals surface area contributed by atoms with E-state index in [-0.39, 0.29) is 29.6 Å². The Morgan fingerprint density at radius 1 is 1.09 bits per heavy atom. The molecule has 2 saturated heterocycles. The standard InChI is InChI=1S/C18H34BNO3/c1-16(2,3)13-15(21)20-11-8-9-14(10-12-20)19-22-17(4,5)18(6,7)23-19/h14H,8-13H2,1-7H3. The van der Waals surface area contributed by atoms with Crippen LogP contribution in [0.25, 0.3) is 0 Å². The molecule has 0 aromatic rings. The normalized spacial score (nSPS) is 27.9. The van der Waals surface area contributed by atoms with Crippen LogP contribution in [0.2, 0.25) is 5.82 Å². The van der Waals surface area contributed by atoms with Crippen molar-refractivity contribution in [1.82, 2.24) is 4.90 Å². The van der Waals surface area contributed by atoms with Crippen molar-refractivity contribution in [3.05, 3.63) is 0 Å². The molecule has 2 aliphatic rings. The molecule has 0 spiro atoms. The van der Waals surface area contributed by atoms with E-state index in [4.69, 9.17) is 9.31 Å². The molecule has 0 aromatic carbocycles. The summed E-state index contributed by atoms with van der Waals surface area (Å²) in [5.74, 6) is 0.663. The zero-order valence-electron chi connectivity index (χ0n) is 16.1. The molecular formula is C18H34BNO3. The van der Waals surface area contributed by atoms with Crippen LogP contribution in [0, 0.1) is 5.41 Å². The van der Waals surface area contributed by atoms with Crippen molar-refractivity contribution < 1.29 is 14.1 Å². The summed E-state index contributed by atoms with van der Waals surface area (Å²) >= 11 is 0. The van der Waals surface area contributed by atoms with E-state index in [0.717, 1.165) is 32.4 Å². The number of rotatable bonds is 2. The molecule has 1 atom stereocenters. The lowest BCUT2D eigenvalue weighted by atomic mass is 9.68. The lowest BCUT2D eigenvalue weighted by Gasteiger charge is -2.32. The number of carbonyl (C=O) groups excluding carboxylic acids is 1. The second-order valence-electron chi connectivity index (χ2n) is 9.43. The highest BCUT2D eigenvalue weighted by atomic mass is 16.7. The van der Waals surface area contributed by atoms with Crippen LogP contribution in [-0.2, 0) is 14.1 Å². The fraction of sp³-hybridized carbons (Fsp3) is 0.944. The van der Waals surface area contributed by atoms with Gasteiger partial charge < -0.3 is 14.2 Å². The fourth-order valence-electron chi connectivity index (χ4n) is 3.29. The first kappa shape index (κ1) is 18.8. The van der Waals surface area contributed by atoms with Gasteiger partial charge in [0, 0.05) is 19.5 Å². The van der Waals surface area contributed by atoms with Crippen LogP contribution in [0.1, 0.15) is 74.1 Å². The highest BCUT2D eigenvalue weighted by Gasteiger charge is 2.53. The van der Waals surface area contributed by atoms with Crippen molar-refractivity contribution in [2.45, 2.75) is 91.2 Å². The van der Waals surface area contributed by atoms with Gasteiger partial charge in [-0.2, -0.15) is 0 Å². The van der Waals surface area contributed by atoms with Crippen molar-refractivity contribution in [2.75, 3.05) is 13.1 Å². The van der Waals surface area contributed by atoms with E-state index in [2.05, 4.69) is 48.5 Å². The molecule has 4 nitrogen and oxygen atoms in total. The van der Waals surface area contributed by atoms with Crippen LogP contribution in [0.3, 0.4) is 0 Å². The van der Waals surface area contributed by atoms with Gasteiger partial charge in [0.05, 0.1) is 11.2 Å². The molecule has 2 aliphatic heterocycles. The van der Waals surface area contributed by atoms with E-state index in [9.17, 15) is 4.79 Å². The Hall–Kier alpha value is -0.545. The lowest BCUT2D eigenvalue weighted by Crippen LogP contribution is -2.41. The maximum atomic E-state index is 12.5. The number of amides is 1. The molecule has 2 fully saturated rings. The van der Waals surface area contributed by atoms with Crippen molar-refractivity contribution in [1.29, 1.82) is 0 Å². The van der Waals surface area contributed by atoms with Crippen molar-refractivity contribution in [2.24, 2.45) is 5.41 Å². The van der Waals surface area contributed by atoms with Gasteiger partial charge in [-0.15, -0.1) is 0 Å². The number of hydrogen-bond acceptors (Lipinski definition) is 3. The molecule has 2 rings (SSSR count). The molecule has 2 heterocycles. The number of nitrogens with zero attached hydrogens (tertiary/aromatic N) is 1. The van der Waals surface area contributed by atoms with E-state index < -0.39 is 0 Å². The highest BCUT2D eigenvalue weighted by molar-refractivity contribution is 6.47. The largest absolute Gasteiger partial charge is 0.461 e. The summed E-state index contributed by atoms with van der Waals surface area (Å²) in [7, 11) is -0.141. The van der Waals surface area contributed by atoms with Gasteiger partial charge in [0.2, 0.25) is 5.91 Å². The zero-order valence-corrected chi connectivity index (χ0v) is 16.1. The molecule has 0 radical (unpaired) electrons. The molecule has 0 saturated carbocycles. The van der Waals surface area contributed by atoms with E-state index >= 15 is 0 Å². The second kappa shape index (κ2) is 6.40. The molecule has 1 unspecified atom stereocenters. The molecule has 132 valence electrons. The molecule has 5 heteroatoms. The molecule has 23 heavy (non-hydrogen) atoms. The Labute approximate surface area is 142 Å². The Balaban J connectivity index is 1.93. The molecule has 0 aliphatic carbocycles. The van der Waals surface area contributed by atoms with E-state index in [1.54, 1.807) is 0 Å². The van der Waals surface area contributed by atoms with Gasteiger partial charge in [-0.3, -0.25) is 4.79 Å². The monoisotopic (exact) mass is 323 g/mol. The summed E-state index contributed by atoms with van der Waals surface area (Å²) in [6, 6.07) is 0. The first-order chi connectivity index (χ1) is 10.4. The Bertz CT molecular complexity index is 426. The van der Waals surface area contributed by atoms with Gasteiger partial charge in [0.1, 0.15) is 0 Å². The second-order valence-corrected chi connectivity index (χ2v) is 9.43. The van der Waals surface area contributed by atoms with Gasteiger partial charge in [0.15, 0.2) is 0 Å². The van der Waals surface area contributed by atoms with Crippen LogP contribution >= 0.6 is 0 Å². The Morgan fingerprint density at radius 3 is 2.17 bits per heavy atom. The number of hydrogen-bond donors (Lipinski definition) is 0. The minimum Gasteiger partial charge on any atom is -0.403 e. The van der Waals surface area contributed by atoms with Crippen LogP contribution in [0.15, 0.2) is 0 Å². The quantitative estimate of drug-likeness (QED) is 0.724. The number of carbonyl (C=O) groups is 1. The summed E-state index contributed by atoms with van der Waals surface area (Å²) in [5, 5.41) is 0. The summed E-state index contributed by atoms with van der Waals surface area (Å²) in [6.45, 7) is 16.5. The van der Waals surface area contributed by atoms with Crippen LogP contribution in [0.4, 0.5) is 0 Å². The Morgan fingerprint density at radius 2 is 1.65 bits per heavy atom. The van der Waals surface area contributed by atoms with Crippen molar-refractivity contribution in [3.63, 3.8) is 0 Å². The predicted octanol–water partition coefficient (Wildman–Crippen LogP) is 3.90. The average Bonchev–Trinajstić information content (AvgIpc) is 2.55. The summed E-state index contributed by atoms with van der Waals surface area (Å²) < 4.78 is 12.4. The number of likely N-dealkylation sites (tertiary alicyclic amines) is 1. The van der Waals surface area contributed by atoms with Gasteiger partial charge in [0.25, 0.3) is 0 Å². The third kappa shape index (κ3) is 4.51. The Kier molecular flexibility index (Phi) is 5.23. The topological polar surface area (TPSA) is 38.8 Å². The fourth-order valence-corrected chi connectivity index (χ4v) is 3.29. The first-order valence-corrected chi connectivity index (χ1v) is 9.05. The van der Waals surface area contributed by atoms with E-state index in [0.29, 0.717) is 12.2 Å². The van der Waals surface area contributed by atoms with Gasteiger partial charge in [-0.1, -0.05) is 27.2 Å². The molecule has 0 N–H and O–H groups in total. The van der Waals surface area contributed by atoms with Crippen molar-refractivity contribution in [3.8, 4) is 0 Å². The van der Waals surface area contributed by atoms with Gasteiger partial charge >= 0.3 is 7.12 Å². The van der Waals surface area contributed by atoms with Crippen LogP contribution in [0.5, 0.6) is 0 Å². The van der Waals surface area contributed by atoms with E-state index in [1.807, 2.05) is 4.90 Å². The third-order valence-corrected chi connectivity index (χ3v) is 5.46. The highest BCUT2D eigenvalue weighted by Crippen LogP contribution is 2.42. The minimum atomic E-state index is -0.272. The lowest BCUT2D eigenvalue weighted by molar-refractivity contribution is -0.133. The summed E-state index contributed by atoms with van der Waals surface area (Å²) in [4.78, 5) is 14.5. The SMILES string of the molecule is CC(C)(C)CC(=O)N1CCCC(B2OC(C)(C)C(C)(C)O2)CC1. The van der Waals surface area contributed by atoms with Crippen molar-refractivity contribution >= 4 is 13.0 Å². The predicted molar refractivity (Wildman–Crippen MR) is 94.3 cm³/mol. The zero-order chi connectivity index (χ0) is 17.5. The van der Waals surface area contributed by atoms with E-state index in [1.165, 1.54) is 0 Å². The molecule has 0 bridgehead atoms. The van der Waals surface area contributed by atoms with Gasteiger partial charge in [-0.25, -0.2) is 0 Å².